The zero-order valence-corrected chi connectivity index (χ0v) is 19.1. The molecule has 3 rings (SSSR count). The molecule has 3 N–H and O–H groups in total. The molecule has 0 spiro atoms. The molecule has 0 unspecified atom stereocenters. The molecule has 2 heterocycles. The summed E-state index contributed by atoms with van der Waals surface area (Å²) in [6, 6.07) is 3.16. The third-order valence-corrected chi connectivity index (χ3v) is 7.08. The van der Waals surface area contributed by atoms with E-state index in [9.17, 15) is 37.1 Å². The number of rotatable bonds is 4. The maximum Gasteiger partial charge on any atom is 0.446 e. The van der Waals surface area contributed by atoms with Gasteiger partial charge in [-0.3, -0.25) is 13.4 Å². The molecule has 0 atom stereocenters. The van der Waals surface area contributed by atoms with E-state index in [1.807, 2.05) is 0 Å². The van der Waals surface area contributed by atoms with E-state index in [-0.39, 0.29) is 27.4 Å². The minimum absolute atomic E-state index is 0.0429. The van der Waals surface area contributed by atoms with Gasteiger partial charge in [0, 0.05) is 18.7 Å². The summed E-state index contributed by atoms with van der Waals surface area (Å²) in [5, 5.41) is 9.59. The van der Waals surface area contributed by atoms with E-state index in [1.165, 1.54) is 4.31 Å². The molecule has 1 fully saturated rings. The van der Waals surface area contributed by atoms with Crippen molar-refractivity contribution >= 4 is 51.2 Å². The molecule has 0 bridgehead atoms. The Hall–Kier alpha value is -2.30. The van der Waals surface area contributed by atoms with Crippen LogP contribution < -0.4 is 4.31 Å². The van der Waals surface area contributed by atoms with Gasteiger partial charge in [-0.2, -0.15) is 0 Å². The van der Waals surface area contributed by atoms with Crippen molar-refractivity contribution in [3.8, 4) is 5.75 Å². The van der Waals surface area contributed by atoms with Crippen LogP contribution in [0.4, 0.5) is 23.9 Å². The van der Waals surface area contributed by atoms with Gasteiger partial charge in [0.15, 0.2) is 5.75 Å². The first-order valence-electron chi connectivity index (χ1n) is 9.05. The van der Waals surface area contributed by atoms with E-state index in [4.69, 9.17) is 0 Å². The van der Waals surface area contributed by atoms with Crippen molar-refractivity contribution in [2.75, 3.05) is 16.6 Å². The summed E-state index contributed by atoms with van der Waals surface area (Å²) in [5.41, 5.74) is -0.785. The van der Waals surface area contributed by atoms with E-state index in [0.29, 0.717) is 18.9 Å². The van der Waals surface area contributed by atoms with Gasteiger partial charge in [0.2, 0.25) is 0 Å². The molecule has 0 saturated carbocycles. The van der Waals surface area contributed by atoms with E-state index in [0.717, 1.165) is 18.2 Å². The number of amides is 1. The maximum atomic E-state index is 14.1. The Bertz CT molecular complexity index is 1040. The Labute approximate surface area is 195 Å². The molecule has 2 aromatic rings. The smallest absolute Gasteiger partial charge is 0.446 e. The molecule has 0 aliphatic carbocycles. The van der Waals surface area contributed by atoms with Gasteiger partial charge in [-0.15, -0.1) is 15.9 Å². The van der Waals surface area contributed by atoms with Crippen molar-refractivity contribution in [1.29, 1.82) is 0 Å². The van der Waals surface area contributed by atoms with E-state index in [2.05, 4.69) is 9.72 Å². The highest BCUT2D eigenvalue weighted by Gasteiger charge is 2.31. The van der Waals surface area contributed by atoms with Crippen LogP contribution in [0.1, 0.15) is 28.8 Å². The highest BCUT2D eigenvalue weighted by atomic mass is 127. The molecule has 32 heavy (non-hydrogen) atoms. The summed E-state index contributed by atoms with van der Waals surface area (Å²) < 4.78 is 66.5. The average Bonchev–Trinajstić information content (AvgIpc) is 2.68. The van der Waals surface area contributed by atoms with Gasteiger partial charge >= 0.3 is 12.1 Å². The van der Waals surface area contributed by atoms with Crippen LogP contribution in [0.15, 0.2) is 24.3 Å². The summed E-state index contributed by atoms with van der Waals surface area (Å²) in [5.74, 6) is -4.00. The summed E-state index contributed by atoms with van der Waals surface area (Å²) in [6.45, 7) is -0.674. The van der Waals surface area contributed by atoms with Crippen molar-refractivity contribution in [2.45, 2.75) is 19.4 Å². The van der Waals surface area contributed by atoms with Crippen molar-refractivity contribution in [2.24, 2.45) is 0 Å². The molecular weight excluding hydrogens is 570 g/mol. The number of carbonyl (C=O) groups excluding carboxylic acids is 2. The number of halogens is 4. The second-order valence-corrected chi connectivity index (χ2v) is 9.90. The third-order valence-electron chi connectivity index (χ3n) is 4.42. The number of benzene rings is 1. The number of aromatic hydroxyl groups is 1. The number of hydrogen-bond donors (Lipinski definition) is 3. The summed E-state index contributed by atoms with van der Waals surface area (Å²) >= 11 is 1.60. The fourth-order valence-corrected chi connectivity index (χ4v) is 5.12. The SMILES string of the molecule is O=C(OC(=O)N(F)Cc1cc(F)cc(F)c1)c1cc(N2CCCCS2(O)O)nc(I)c1O. The van der Waals surface area contributed by atoms with Gasteiger partial charge in [-0.25, -0.2) is 23.4 Å². The van der Waals surface area contributed by atoms with Crippen LogP contribution in [-0.2, 0) is 11.3 Å². The molecule has 1 aromatic heterocycles. The van der Waals surface area contributed by atoms with Crippen molar-refractivity contribution in [3.63, 3.8) is 0 Å². The second kappa shape index (κ2) is 9.68. The van der Waals surface area contributed by atoms with Crippen LogP contribution in [-0.4, -0.2) is 48.7 Å². The molecule has 14 heteroatoms. The highest BCUT2D eigenvalue weighted by Crippen LogP contribution is 2.49. The lowest BCUT2D eigenvalue weighted by atomic mass is 10.2. The minimum atomic E-state index is -3.19. The molecule has 1 aliphatic heterocycles. The molecule has 9 nitrogen and oxygen atoms in total. The number of carbonyl (C=O) groups is 2. The van der Waals surface area contributed by atoms with Crippen molar-refractivity contribution in [1.82, 2.24) is 10.1 Å². The lowest BCUT2D eigenvalue weighted by molar-refractivity contribution is 0.00681. The third kappa shape index (κ3) is 5.54. The monoisotopic (exact) mass is 587 g/mol. The molecule has 174 valence electrons. The zero-order valence-electron chi connectivity index (χ0n) is 16.2. The standard InChI is InChI=1S/C18H17F3IN3O6S/c19-11-5-10(6-12(20)7-11)9-24(21)18(28)31-17(27)13-8-14(23-16(22)15(13)26)25-3-1-2-4-32(25,29)30/h5-8,26,29-30H,1-4,9H2. The fraction of sp³-hybridized carbons (Fsp3) is 0.278. The first-order chi connectivity index (χ1) is 15.0. The number of anilines is 1. The quantitative estimate of drug-likeness (QED) is 0.156. The lowest BCUT2D eigenvalue weighted by Crippen LogP contribution is -2.35. The molecule has 0 radical (unpaired) electrons. The number of aromatic nitrogens is 1. The van der Waals surface area contributed by atoms with Crippen LogP contribution >= 0.6 is 33.4 Å². The minimum Gasteiger partial charge on any atom is -0.504 e. The topological polar surface area (TPSA) is 123 Å². The fourth-order valence-electron chi connectivity index (χ4n) is 2.96. The van der Waals surface area contributed by atoms with Gasteiger partial charge in [0.05, 0.1) is 12.3 Å². The van der Waals surface area contributed by atoms with E-state index >= 15 is 0 Å². The Balaban J connectivity index is 1.78. The predicted molar refractivity (Wildman–Crippen MR) is 117 cm³/mol. The molecule has 1 saturated heterocycles. The number of nitrogens with zero attached hydrogens (tertiary/aromatic N) is 3. The number of hydrogen-bond acceptors (Lipinski definition) is 8. The first-order valence-corrected chi connectivity index (χ1v) is 11.8. The summed E-state index contributed by atoms with van der Waals surface area (Å²) in [6.07, 6.45) is -0.571. The molecule has 1 aliphatic rings. The van der Waals surface area contributed by atoms with E-state index in [1.54, 1.807) is 22.6 Å². The van der Waals surface area contributed by atoms with Crippen LogP contribution in [0.3, 0.4) is 0 Å². The van der Waals surface area contributed by atoms with Gasteiger partial charge in [0.25, 0.3) is 0 Å². The first kappa shape index (κ1) is 24.3. The van der Waals surface area contributed by atoms with Crippen LogP contribution in [0, 0.1) is 15.3 Å². The Morgan fingerprint density at radius 2 is 1.84 bits per heavy atom. The van der Waals surface area contributed by atoms with Crippen LogP contribution in [0.5, 0.6) is 5.75 Å². The number of ether oxygens (including phenoxy) is 1. The molecule has 1 amide bonds. The number of pyridine rings is 1. The molecular formula is C18H17F3IN3O6S. The highest BCUT2D eigenvalue weighted by molar-refractivity contribution is 14.1. The molecule has 1 aromatic carbocycles. The average molecular weight is 587 g/mol. The Morgan fingerprint density at radius 1 is 1.19 bits per heavy atom. The largest absolute Gasteiger partial charge is 0.504 e. The summed E-state index contributed by atoms with van der Waals surface area (Å²) in [7, 11) is -3.19. The Morgan fingerprint density at radius 3 is 2.47 bits per heavy atom. The maximum absolute atomic E-state index is 14.1. The normalized spacial score (nSPS) is 16.4. The van der Waals surface area contributed by atoms with Crippen LogP contribution in [0.2, 0.25) is 0 Å². The second-order valence-electron chi connectivity index (χ2n) is 6.77. The van der Waals surface area contributed by atoms with Crippen molar-refractivity contribution < 1.29 is 41.8 Å². The number of esters is 1. The zero-order chi connectivity index (χ0) is 23.6. The van der Waals surface area contributed by atoms with Gasteiger partial charge < -0.3 is 9.84 Å². The van der Waals surface area contributed by atoms with Crippen molar-refractivity contribution in [3.05, 3.63) is 50.7 Å². The van der Waals surface area contributed by atoms with Gasteiger partial charge in [0.1, 0.15) is 26.7 Å². The lowest BCUT2D eigenvalue weighted by Gasteiger charge is -2.46. The van der Waals surface area contributed by atoms with E-state index < -0.39 is 57.5 Å². The van der Waals surface area contributed by atoms with Gasteiger partial charge in [-0.05, 0) is 53.1 Å². The predicted octanol–water partition coefficient (Wildman–Crippen LogP) is 4.60. The van der Waals surface area contributed by atoms with Gasteiger partial charge in [-0.1, -0.05) is 4.48 Å². The van der Waals surface area contributed by atoms with Crippen LogP contribution in [0.25, 0.3) is 0 Å². The summed E-state index contributed by atoms with van der Waals surface area (Å²) in [4.78, 5) is 28.4. The Kier molecular flexibility index (Phi) is 7.36.